The van der Waals surface area contributed by atoms with E-state index in [1.807, 2.05) is 0 Å². The third-order valence-electron chi connectivity index (χ3n) is 3.83. The zero-order valence-electron chi connectivity index (χ0n) is 13.2. The molecule has 6 nitrogen and oxygen atoms in total. The van der Waals surface area contributed by atoms with E-state index in [-0.39, 0.29) is 12.2 Å². The van der Waals surface area contributed by atoms with Gasteiger partial charge in [0.25, 0.3) is 5.69 Å². The minimum atomic E-state index is -0.445. The Morgan fingerprint density at radius 1 is 1.32 bits per heavy atom. The molecule has 0 aliphatic carbocycles. The summed E-state index contributed by atoms with van der Waals surface area (Å²) < 4.78 is 15.6. The van der Waals surface area contributed by atoms with Crippen LogP contribution in [0, 0.1) is 15.9 Å². The smallest absolute Gasteiger partial charge is 0.270 e. The van der Waals surface area contributed by atoms with Gasteiger partial charge in [-0.3, -0.25) is 10.1 Å². The van der Waals surface area contributed by atoms with Gasteiger partial charge < -0.3 is 9.88 Å². The molecule has 0 atom stereocenters. The van der Waals surface area contributed by atoms with Crippen molar-refractivity contribution in [3.63, 3.8) is 0 Å². The fraction of sp³-hybridized carbons (Fsp3) is 0.118. The number of benzene rings is 2. The Morgan fingerprint density at radius 3 is 2.80 bits per heavy atom. The molecule has 0 radical (unpaired) electrons. The molecule has 1 aromatic heterocycles. The zero-order chi connectivity index (χ0) is 18.0. The van der Waals surface area contributed by atoms with Crippen molar-refractivity contribution in [1.29, 1.82) is 0 Å². The molecule has 0 aliphatic heterocycles. The lowest BCUT2D eigenvalue weighted by Crippen LogP contribution is -2.07. The number of hydrogen-bond acceptors (Lipinski definition) is 4. The molecule has 1 heterocycles. The number of non-ortho nitro benzene ring substituents is 1. The molecule has 8 heteroatoms. The second-order valence-corrected chi connectivity index (χ2v) is 5.79. The summed E-state index contributed by atoms with van der Waals surface area (Å²) in [4.78, 5) is 14.7. The molecule has 0 fully saturated rings. The first kappa shape index (κ1) is 16.9. The van der Waals surface area contributed by atoms with Crippen molar-refractivity contribution in [1.82, 2.24) is 9.55 Å². The lowest BCUT2D eigenvalue weighted by Gasteiger charge is -2.10. The standard InChI is InChI=1S/C17H14ClFN4O2/c1-22-16(11-4-2-5-12(8-11)23(24)25)10-21-17(22)20-9-13-14(18)6-3-7-15(13)19/h2-8,10H,9H2,1H3,(H,20,21). The van der Waals surface area contributed by atoms with Gasteiger partial charge >= 0.3 is 0 Å². The molecule has 1 N–H and O–H groups in total. The van der Waals surface area contributed by atoms with Gasteiger partial charge in [-0.25, -0.2) is 9.37 Å². The molecule has 0 saturated heterocycles. The first-order valence-corrected chi connectivity index (χ1v) is 7.78. The fourth-order valence-electron chi connectivity index (χ4n) is 2.49. The van der Waals surface area contributed by atoms with Gasteiger partial charge in [0.05, 0.1) is 16.8 Å². The third-order valence-corrected chi connectivity index (χ3v) is 4.18. The van der Waals surface area contributed by atoms with Crippen LogP contribution in [0.25, 0.3) is 11.3 Å². The maximum atomic E-state index is 13.8. The first-order chi connectivity index (χ1) is 12.0. The molecule has 25 heavy (non-hydrogen) atoms. The van der Waals surface area contributed by atoms with E-state index in [1.54, 1.807) is 42.1 Å². The van der Waals surface area contributed by atoms with E-state index in [1.165, 1.54) is 18.2 Å². The number of imidazole rings is 1. The van der Waals surface area contributed by atoms with Gasteiger partial charge in [0.1, 0.15) is 5.82 Å². The average Bonchev–Trinajstić information content (AvgIpc) is 2.95. The fourth-order valence-corrected chi connectivity index (χ4v) is 2.72. The second-order valence-electron chi connectivity index (χ2n) is 5.39. The van der Waals surface area contributed by atoms with Crippen LogP contribution in [0.1, 0.15) is 5.56 Å². The lowest BCUT2D eigenvalue weighted by atomic mass is 10.1. The van der Waals surface area contributed by atoms with E-state index in [4.69, 9.17) is 11.6 Å². The van der Waals surface area contributed by atoms with Crippen LogP contribution in [0.15, 0.2) is 48.7 Å². The molecule has 0 spiro atoms. The highest BCUT2D eigenvalue weighted by Crippen LogP contribution is 2.26. The topological polar surface area (TPSA) is 73.0 Å². The number of nitro groups is 1. The van der Waals surface area contributed by atoms with Crippen LogP contribution in [0.3, 0.4) is 0 Å². The van der Waals surface area contributed by atoms with Crippen molar-refractivity contribution in [2.45, 2.75) is 6.54 Å². The van der Waals surface area contributed by atoms with Crippen molar-refractivity contribution in [2.75, 3.05) is 5.32 Å². The summed E-state index contributed by atoms with van der Waals surface area (Å²) in [5.41, 5.74) is 1.72. The number of aromatic nitrogens is 2. The monoisotopic (exact) mass is 360 g/mol. The van der Waals surface area contributed by atoms with Gasteiger partial charge in [0.2, 0.25) is 5.95 Å². The average molecular weight is 361 g/mol. The van der Waals surface area contributed by atoms with E-state index in [0.29, 0.717) is 27.8 Å². The van der Waals surface area contributed by atoms with Crippen molar-refractivity contribution in [3.8, 4) is 11.3 Å². The van der Waals surface area contributed by atoms with Crippen LogP contribution in [-0.2, 0) is 13.6 Å². The van der Waals surface area contributed by atoms with Crippen molar-refractivity contribution >= 4 is 23.2 Å². The number of anilines is 1. The largest absolute Gasteiger partial charge is 0.351 e. The van der Waals surface area contributed by atoms with Gasteiger partial charge in [-0.1, -0.05) is 29.8 Å². The van der Waals surface area contributed by atoms with Crippen molar-refractivity contribution in [2.24, 2.45) is 7.05 Å². The first-order valence-electron chi connectivity index (χ1n) is 7.40. The van der Waals surface area contributed by atoms with Gasteiger partial charge in [-0.05, 0) is 12.1 Å². The molecule has 0 saturated carbocycles. The maximum Gasteiger partial charge on any atom is 0.270 e. The minimum Gasteiger partial charge on any atom is -0.351 e. The van der Waals surface area contributed by atoms with Crippen LogP contribution in [0.2, 0.25) is 5.02 Å². The number of nitro benzene ring substituents is 1. The third kappa shape index (κ3) is 3.46. The Kier molecular flexibility index (Phi) is 4.67. The number of rotatable bonds is 5. The molecule has 128 valence electrons. The number of nitrogens with one attached hydrogen (secondary N) is 1. The van der Waals surface area contributed by atoms with Gasteiger partial charge in [0, 0.05) is 41.9 Å². The SMILES string of the molecule is Cn1c(-c2cccc([N+](=O)[O-])c2)cnc1NCc1c(F)cccc1Cl. The van der Waals surface area contributed by atoms with Crippen LogP contribution in [0.4, 0.5) is 16.0 Å². The van der Waals surface area contributed by atoms with Crippen LogP contribution >= 0.6 is 11.6 Å². The Balaban J connectivity index is 1.84. The molecule has 0 amide bonds. The quantitative estimate of drug-likeness (QED) is 0.540. The summed E-state index contributed by atoms with van der Waals surface area (Å²) in [6.45, 7) is 0.171. The van der Waals surface area contributed by atoms with Crippen molar-refractivity contribution in [3.05, 3.63) is 75.2 Å². The predicted molar refractivity (Wildman–Crippen MR) is 94.0 cm³/mol. The maximum absolute atomic E-state index is 13.8. The van der Waals surface area contributed by atoms with Crippen LogP contribution in [-0.4, -0.2) is 14.5 Å². The summed E-state index contributed by atoms with van der Waals surface area (Å²) in [6.07, 6.45) is 1.60. The summed E-state index contributed by atoms with van der Waals surface area (Å²) in [6, 6.07) is 10.8. The Morgan fingerprint density at radius 2 is 2.08 bits per heavy atom. The molecule has 3 aromatic rings. The minimum absolute atomic E-state index is 0.00588. The zero-order valence-corrected chi connectivity index (χ0v) is 14.0. The van der Waals surface area contributed by atoms with E-state index in [9.17, 15) is 14.5 Å². The number of nitrogens with zero attached hydrogens (tertiary/aromatic N) is 3. The summed E-state index contributed by atoms with van der Waals surface area (Å²) in [5.74, 6) is 0.106. The molecule has 2 aromatic carbocycles. The molecule has 3 rings (SSSR count). The lowest BCUT2D eigenvalue weighted by molar-refractivity contribution is -0.384. The van der Waals surface area contributed by atoms with E-state index in [2.05, 4.69) is 10.3 Å². The van der Waals surface area contributed by atoms with E-state index >= 15 is 0 Å². The molecule has 0 bridgehead atoms. The summed E-state index contributed by atoms with van der Waals surface area (Å²) in [7, 11) is 1.77. The molecule has 0 unspecified atom stereocenters. The second kappa shape index (κ2) is 6.90. The highest BCUT2D eigenvalue weighted by atomic mass is 35.5. The Hall–Kier alpha value is -2.93. The number of halogens is 2. The predicted octanol–water partition coefficient (Wildman–Crippen LogP) is 4.40. The highest BCUT2D eigenvalue weighted by Gasteiger charge is 2.13. The van der Waals surface area contributed by atoms with Gasteiger partial charge in [-0.15, -0.1) is 0 Å². The summed E-state index contributed by atoms with van der Waals surface area (Å²) >= 11 is 6.01. The van der Waals surface area contributed by atoms with Crippen molar-refractivity contribution < 1.29 is 9.31 Å². The Labute approximate surface area is 148 Å². The molecule has 0 aliphatic rings. The van der Waals surface area contributed by atoms with Crippen LogP contribution < -0.4 is 5.32 Å². The van der Waals surface area contributed by atoms with Gasteiger partial charge in [0.15, 0.2) is 0 Å². The van der Waals surface area contributed by atoms with Crippen LogP contribution in [0.5, 0.6) is 0 Å². The molecular weight excluding hydrogens is 347 g/mol. The van der Waals surface area contributed by atoms with Gasteiger partial charge in [-0.2, -0.15) is 0 Å². The normalized spacial score (nSPS) is 10.7. The van der Waals surface area contributed by atoms with E-state index in [0.717, 1.165) is 0 Å². The summed E-state index contributed by atoms with van der Waals surface area (Å²) in [5, 5.41) is 14.3. The number of hydrogen-bond donors (Lipinski definition) is 1. The molecular formula is C17H14ClFN4O2. The Bertz CT molecular complexity index is 922. The highest BCUT2D eigenvalue weighted by molar-refractivity contribution is 6.31. The van der Waals surface area contributed by atoms with E-state index < -0.39 is 10.7 Å².